The number of amides is 1. The lowest BCUT2D eigenvalue weighted by atomic mass is 10.1. The molecule has 2 aromatic rings. The van der Waals surface area contributed by atoms with Crippen LogP contribution < -0.4 is 10.6 Å². The Hall–Kier alpha value is -2.41. The van der Waals surface area contributed by atoms with Gasteiger partial charge in [-0.15, -0.1) is 11.3 Å². The topological polar surface area (TPSA) is 84.3 Å². The maximum Gasteiger partial charge on any atom is 0.293 e. The molecule has 1 aliphatic carbocycles. The quantitative estimate of drug-likeness (QED) is 0.633. The van der Waals surface area contributed by atoms with Gasteiger partial charge in [0.15, 0.2) is 0 Å². The molecule has 1 aromatic heterocycles. The standard InChI is InChI=1S/C15H15N3O3S/c19-15(17-11-4-5-11)10-3-6-13(14(8-10)18(20)21)16-9-12-2-1-7-22-12/h1-3,6-8,11,16H,4-5,9H2,(H,17,19). The highest BCUT2D eigenvalue weighted by atomic mass is 32.1. The summed E-state index contributed by atoms with van der Waals surface area (Å²) in [6, 6.07) is 8.65. The summed E-state index contributed by atoms with van der Waals surface area (Å²) in [7, 11) is 0. The zero-order chi connectivity index (χ0) is 15.5. The first kappa shape index (κ1) is 14.5. The van der Waals surface area contributed by atoms with Crippen LogP contribution in [0.2, 0.25) is 0 Å². The van der Waals surface area contributed by atoms with E-state index in [1.54, 1.807) is 23.5 Å². The number of hydrogen-bond donors (Lipinski definition) is 2. The van der Waals surface area contributed by atoms with Crippen LogP contribution in [0, 0.1) is 10.1 Å². The van der Waals surface area contributed by atoms with E-state index in [9.17, 15) is 14.9 Å². The largest absolute Gasteiger partial charge is 0.375 e. The Balaban J connectivity index is 1.77. The van der Waals surface area contributed by atoms with E-state index in [2.05, 4.69) is 10.6 Å². The molecule has 0 unspecified atom stereocenters. The van der Waals surface area contributed by atoms with E-state index >= 15 is 0 Å². The second kappa shape index (κ2) is 6.15. The molecule has 0 spiro atoms. The van der Waals surface area contributed by atoms with Crippen LogP contribution in [0.3, 0.4) is 0 Å². The molecule has 0 radical (unpaired) electrons. The number of benzene rings is 1. The summed E-state index contributed by atoms with van der Waals surface area (Å²) in [4.78, 5) is 23.8. The molecular formula is C15H15N3O3S. The molecule has 7 heteroatoms. The molecule has 0 aliphatic heterocycles. The highest BCUT2D eigenvalue weighted by Gasteiger charge is 2.25. The summed E-state index contributed by atoms with van der Waals surface area (Å²) in [5.41, 5.74) is 0.654. The van der Waals surface area contributed by atoms with Crippen molar-refractivity contribution in [3.63, 3.8) is 0 Å². The van der Waals surface area contributed by atoms with Gasteiger partial charge in [-0.2, -0.15) is 0 Å². The van der Waals surface area contributed by atoms with Gasteiger partial charge in [0.2, 0.25) is 0 Å². The fourth-order valence-electron chi connectivity index (χ4n) is 2.07. The maximum atomic E-state index is 12.0. The van der Waals surface area contributed by atoms with Crippen molar-refractivity contribution in [2.75, 3.05) is 5.32 Å². The molecule has 114 valence electrons. The summed E-state index contributed by atoms with van der Waals surface area (Å²) in [5.74, 6) is -0.254. The second-order valence-corrected chi connectivity index (χ2v) is 6.20. The Bertz CT molecular complexity index is 696. The summed E-state index contributed by atoms with van der Waals surface area (Å²) in [6.07, 6.45) is 1.96. The number of nitro benzene ring substituents is 1. The number of nitrogens with zero attached hydrogens (tertiary/aromatic N) is 1. The van der Waals surface area contributed by atoms with Gasteiger partial charge in [0.05, 0.1) is 4.92 Å². The third-order valence-corrected chi connectivity index (χ3v) is 4.28. The molecule has 22 heavy (non-hydrogen) atoms. The van der Waals surface area contributed by atoms with E-state index in [1.165, 1.54) is 6.07 Å². The molecule has 0 bridgehead atoms. The number of carbonyl (C=O) groups excluding carboxylic acids is 1. The van der Waals surface area contributed by atoms with Gasteiger partial charge in [0.25, 0.3) is 11.6 Å². The van der Waals surface area contributed by atoms with Crippen molar-refractivity contribution in [3.05, 3.63) is 56.3 Å². The highest BCUT2D eigenvalue weighted by molar-refractivity contribution is 7.09. The molecule has 1 fully saturated rings. The molecule has 1 aliphatic rings. The predicted octanol–water partition coefficient (Wildman–Crippen LogP) is 3.16. The summed E-state index contributed by atoms with van der Waals surface area (Å²) in [6.45, 7) is 0.520. The van der Waals surface area contributed by atoms with E-state index in [0.29, 0.717) is 17.8 Å². The summed E-state index contributed by atoms with van der Waals surface area (Å²) in [5, 5.41) is 19.1. The average Bonchev–Trinajstić information content (AvgIpc) is 3.16. The highest BCUT2D eigenvalue weighted by Crippen LogP contribution is 2.27. The van der Waals surface area contributed by atoms with Gasteiger partial charge in [-0.05, 0) is 36.4 Å². The second-order valence-electron chi connectivity index (χ2n) is 5.17. The van der Waals surface area contributed by atoms with E-state index in [1.807, 2.05) is 17.5 Å². The molecule has 3 rings (SSSR count). The predicted molar refractivity (Wildman–Crippen MR) is 85.2 cm³/mol. The number of nitrogens with one attached hydrogen (secondary N) is 2. The van der Waals surface area contributed by atoms with Crippen molar-refractivity contribution in [3.8, 4) is 0 Å². The molecule has 2 N–H and O–H groups in total. The fourth-order valence-corrected chi connectivity index (χ4v) is 2.71. The first-order chi connectivity index (χ1) is 10.6. The number of rotatable bonds is 6. The lowest BCUT2D eigenvalue weighted by Crippen LogP contribution is -2.25. The molecule has 1 heterocycles. The third-order valence-electron chi connectivity index (χ3n) is 3.40. The van der Waals surface area contributed by atoms with Crippen LogP contribution in [0.15, 0.2) is 35.7 Å². The Kier molecular flexibility index (Phi) is 4.06. The molecule has 6 nitrogen and oxygen atoms in total. The summed E-state index contributed by atoms with van der Waals surface area (Å²) < 4.78 is 0. The molecule has 0 saturated heterocycles. The zero-order valence-electron chi connectivity index (χ0n) is 11.7. The van der Waals surface area contributed by atoms with Crippen molar-refractivity contribution in [2.24, 2.45) is 0 Å². The van der Waals surface area contributed by atoms with E-state index in [4.69, 9.17) is 0 Å². The van der Waals surface area contributed by atoms with Gasteiger partial charge in [-0.25, -0.2) is 0 Å². The monoisotopic (exact) mass is 317 g/mol. The van der Waals surface area contributed by atoms with Crippen LogP contribution >= 0.6 is 11.3 Å². The average molecular weight is 317 g/mol. The number of hydrogen-bond acceptors (Lipinski definition) is 5. The van der Waals surface area contributed by atoms with Gasteiger partial charge >= 0.3 is 0 Å². The maximum absolute atomic E-state index is 12.0. The van der Waals surface area contributed by atoms with Crippen molar-refractivity contribution < 1.29 is 9.72 Å². The Labute approximate surface area is 131 Å². The molecule has 1 saturated carbocycles. The van der Waals surface area contributed by atoms with E-state index in [0.717, 1.165) is 17.7 Å². The van der Waals surface area contributed by atoms with Crippen molar-refractivity contribution in [1.82, 2.24) is 5.32 Å². The van der Waals surface area contributed by atoms with Crippen molar-refractivity contribution in [2.45, 2.75) is 25.4 Å². The van der Waals surface area contributed by atoms with Gasteiger partial charge in [-0.1, -0.05) is 6.07 Å². The Morgan fingerprint density at radius 1 is 1.36 bits per heavy atom. The number of carbonyl (C=O) groups is 1. The molecule has 1 amide bonds. The normalized spacial score (nSPS) is 13.6. The fraction of sp³-hybridized carbons (Fsp3) is 0.267. The van der Waals surface area contributed by atoms with Crippen LogP contribution in [0.25, 0.3) is 0 Å². The molecule has 0 atom stereocenters. The van der Waals surface area contributed by atoms with Crippen LogP contribution in [-0.4, -0.2) is 16.9 Å². The number of thiophene rings is 1. The van der Waals surface area contributed by atoms with Gasteiger partial charge in [0.1, 0.15) is 5.69 Å². The van der Waals surface area contributed by atoms with Gasteiger partial charge < -0.3 is 10.6 Å². The van der Waals surface area contributed by atoms with E-state index in [-0.39, 0.29) is 17.6 Å². The number of anilines is 1. The summed E-state index contributed by atoms with van der Waals surface area (Å²) >= 11 is 1.58. The minimum atomic E-state index is -0.468. The first-order valence-electron chi connectivity index (χ1n) is 6.99. The number of nitro groups is 1. The molecule has 1 aromatic carbocycles. The van der Waals surface area contributed by atoms with Crippen LogP contribution in [0.1, 0.15) is 28.1 Å². The lowest BCUT2D eigenvalue weighted by Gasteiger charge is -2.08. The first-order valence-corrected chi connectivity index (χ1v) is 7.87. The van der Waals surface area contributed by atoms with Crippen molar-refractivity contribution >= 4 is 28.6 Å². The minimum Gasteiger partial charge on any atom is -0.375 e. The lowest BCUT2D eigenvalue weighted by molar-refractivity contribution is -0.384. The van der Waals surface area contributed by atoms with Crippen molar-refractivity contribution in [1.29, 1.82) is 0 Å². The van der Waals surface area contributed by atoms with Crippen LogP contribution in [0.4, 0.5) is 11.4 Å². The van der Waals surface area contributed by atoms with Crippen LogP contribution in [-0.2, 0) is 6.54 Å². The molecular weight excluding hydrogens is 302 g/mol. The minimum absolute atomic E-state index is 0.0833. The zero-order valence-corrected chi connectivity index (χ0v) is 12.6. The third kappa shape index (κ3) is 3.43. The smallest absolute Gasteiger partial charge is 0.293 e. The Morgan fingerprint density at radius 2 is 2.18 bits per heavy atom. The van der Waals surface area contributed by atoms with Gasteiger partial charge in [0, 0.05) is 29.1 Å². The van der Waals surface area contributed by atoms with Gasteiger partial charge in [-0.3, -0.25) is 14.9 Å². The van der Waals surface area contributed by atoms with Crippen LogP contribution in [0.5, 0.6) is 0 Å². The van der Waals surface area contributed by atoms with E-state index < -0.39 is 4.92 Å². The SMILES string of the molecule is O=C(NC1CC1)c1ccc(NCc2cccs2)c([N+](=O)[O-])c1. The Morgan fingerprint density at radius 3 is 2.82 bits per heavy atom.